The number of carbonyl (C=O) groups excluding carboxylic acids is 1. The highest BCUT2D eigenvalue weighted by Gasteiger charge is 2.15. The number of thiazole rings is 1. The molecule has 0 bridgehead atoms. The van der Waals surface area contributed by atoms with Gasteiger partial charge in [-0.25, -0.2) is 9.97 Å². The highest BCUT2D eigenvalue weighted by atomic mass is 32.1. The zero-order chi connectivity index (χ0) is 21.0. The molecule has 6 heteroatoms. The molecule has 0 fully saturated rings. The molecule has 0 aliphatic heterocycles. The Labute approximate surface area is 175 Å². The number of nitrogens with one attached hydrogen (secondary N) is 1. The van der Waals surface area contributed by atoms with Gasteiger partial charge in [0.05, 0.1) is 11.3 Å². The molecule has 0 atom stereocenters. The van der Waals surface area contributed by atoms with Crippen LogP contribution in [0.1, 0.15) is 45.2 Å². The van der Waals surface area contributed by atoms with E-state index in [1.54, 1.807) is 36.0 Å². The molecule has 3 aromatic rings. The van der Waals surface area contributed by atoms with Crippen LogP contribution < -0.4 is 5.32 Å². The second kappa shape index (κ2) is 8.92. The minimum Gasteiger partial charge on any atom is -0.307 e. The highest BCUT2D eigenvalue weighted by molar-refractivity contribution is 7.13. The third kappa shape index (κ3) is 4.49. The first-order valence-corrected chi connectivity index (χ1v) is 10.3. The predicted octanol–water partition coefficient (Wildman–Crippen LogP) is 5.62. The largest absolute Gasteiger partial charge is 0.307 e. The second-order valence-electron chi connectivity index (χ2n) is 6.68. The summed E-state index contributed by atoms with van der Waals surface area (Å²) in [5.41, 5.74) is 5.18. The monoisotopic (exact) mass is 404 g/mol. The Kier molecular flexibility index (Phi) is 6.34. The third-order valence-corrected chi connectivity index (χ3v) is 5.93. The van der Waals surface area contributed by atoms with Crippen molar-refractivity contribution in [2.75, 3.05) is 5.32 Å². The number of pyridine rings is 2. The minimum absolute atomic E-state index is 0.216. The smallest absolute Gasteiger partial charge is 0.258 e. The number of hydrogen-bond donors (Lipinski definition) is 1. The number of carbonyl (C=O) groups is 1. The quantitative estimate of drug-likeness (QED) is 0.541. The van der Waals surface area contributed by atoms with E-state index in [-0.39, 0.29) is 5.91 Å². The van der Waals surface area contributed by atoms with E-state index >= 15 is 0 Å². The van der Waals surface area contributed by atoms with Gasteiger partial charge in [0.2, 0.25) is 0 Å². The van der Waals surface area contributed by atoms with E-state index in [0.29, 0.717) is 11.4 Å². The van der Waals surface area contributed by atoms with E-state index in [4.69, 9.17) is 4.98 Å². The Balaban J connectivity index is 1.83. The normalized spacial score (nSPS) is 11.0. The lowest BCUT2D eigenvalue weighted by atomic mass is 10.1. The molecule has 0 saturated carbocycles. The molecule has 0 aliphatic carbocycles. The highest BCUT2D eigenvalue weighted by Crippen LogP contribution is 2.32. The summed E-state index contributed by atoms with van der Waals surface area (Å²) in [6, 6.07) is 3.73. The molecular formula is C23H24N4OS. The Morgan fingerprint density at radius 3 is 2.69 bits per heavy atom. The summed E-state index contributed by atoms with van der Waals surface area (Å²) in [6.07, 6.45) is 9.87. The van der Waals surface area contributed by atoms with Gasteiger partial charge >= 0.3 is 0 Å². The fourth-order valence-corrected chi connectivity index (χ4v) is 3.85. The summed E-state index contributed by atoms with van der Waals surface area (Å²) in [5.74, 6) is 0.276. The van der Waals surface area contributed by atoms with Crippen molar-refractivity contribution < 1.29 is 4.79 Å². The topological polar surface area (TPSA) is 67.8 Å². The average Bonchev–Trinajstić information content (AvgIpc) is 3.15. The molecule has 0 aromatic carbocycles. The predicted molar refractivity (Wildman–Crippen MR) is 120 cm³/mol. The van der Waals surface area contributed by atoms with Crippen LogP contribution in [0.25, 0.3) is 16.8 Å². The fraction of sp³-hybridized carbons (Fsp3) is 0.217. The zero-order valence-electron chi connectivity index (χ0n) is 17.1. The average molecular weight is 405 g/mol. The van der Waals surface area contributed by atoms with Gasteiger partial charge in [0, 0.05) is 34.6 Å². The van der Waals surface area contributed by atoms with Crippen molar-refractivity contribution in [3.05, 3.63) is 76.0 Å². The molecule has 1 N–H and O–H groups in total. The molecule has 3 heterocycles. The molecule has 0 radical (unpaired) electrons. The molecule has 0 unspecified atom stereocenters. The van der Waals surface area contributed by atoms with Crippen LogP contribution in [0.4, 0.5) is 5.82 Å². The molecule has 5 nitrogen and oxygen atoms in total. The van der Waals surface area contributed by atoms with Gasteiger partial charge in [0.15, 0.2) is 0 Å². The maximum atomic E-state index is 12.6. The van der Waals surface area contributed by atoms with Crippen LogP contribution in [-0.4, -0.2) is 20.9 Å². The number of aromatic nitrogens is 3. The van der Waals surface area contributed by atoms with Gasteiger partial charge in [-0.3, -0.25) is 9.78 Å². The number of amides is 1. The van der Waals surface area contributed by atoms with Crippen molar-refractivity contribution in [2.24, 2.45) is 0 Å². The summed E-state index contributed by atoms with van der Waals surface area (Å²) in [7, 11) is 0. The van der Waals surface area contributed by atoms with Crippen molar-refractivity contribution in [2.45, 2.75) is 34.1 Å². The van der Waals surface area contributed by atoms with Crippen molar-refractivity contribution in [3.63, 3.8) is 0 Å². The number of nitrogens with zero attached hydrogens (tertiary/aromatic N) is 3. The van der Waals surface area contributed by atoms with Crippen LogP contribution in [0.5, 0.6) is 0 Å². The lowest BCUT2D eigenvalue weighted by molar-refractivity contribution is 0.102. The lowest BCUT2D eigenvalue weighted by Crippen LogP contribution is -2.15. The Morgan fingerprint density at radius 2 is 2.03 bits per heavy atom. The van der Waals surface area contributed by atoms with Gasteiger partial charge in [-0.1, -0.05) is 25.7 Å². The standard InChI is InChI=1S/C23H24N4OS/c1-6-8-14(3)23-27-21(19(7-2)29-23)17-9-10-20(25-12-17)26-22(28)18-13-24-11-15(4)16(18)5/h6,8-13H,3,7H2,1-2,4-5H3,(H,25,26,28). The first kappa shape index (κ1) is 20.6. The molecule has 0 spiro atoms. The van der Waals surface area contributed by atoms with Crippen LogP contribution in [0.3, 0.4) is 0 Å². The fourth-order valence-electron chi connectivity index (χ4n) is 2.88. The molecule has 3 aromatic heterocycles. The number of hydrogen-bond acceptors (Lipinski definition) is 5. The van der Waals surface area contributed by atoms with Gasteiger partial charge in [-0.05, 0) is 50.5 Å². The first-order chi connectivity index (χ1) is 13.9. The lowest BCUT2D eigenvalue weighted by Gasteiger charge is -2.09. The SMILES string of the molecule is C=C(C=CC)c1nc(-c2ccc(NC(=O)c3cncc(C)c3C)nc2)c(CC)s1. The Bertz CT molecular complexity index is 1080. The number of allylic oxidation sites excluding steroid dienone is 3. The van der Waals surface area contributed by atoms with Crippen LogP contribution >= 0.6 is 11.3 Å². The van der Waals surface area contributed by atoms with Crippen molar-refractivity contribution in [1.29, 1.82) is 0 Å². The van der Waals surface area contributed by atoms with E-state index in [1.807, 2.05) is 39.0 Å². The first-order valence-electron chi connectivity index (χ1n) is 9.45. The number of rotatable bonds is 6. The van der Waals surface area contributed by atoms with E-state index in [2.05, 4.69) is 28.8 Å². The van der Waals surface area contributed by atoms with Crippen molar-refractivity contribution in [1.82, 2.24) is 15.0 Å². The Morgan fingerprint density at radius 1 is 1.24 bits per heavy atom. The van der Waals surface area contributed by atoms with Crippen molar-refractivity contribution >= 4 is 28.6 Å². The summed E-state index contributed by atoms with van der Waals surface area (Å²) in [5, 5.41) is 3.75. The third-order valence-electron chi connectivity index (χ3n) is 4.65. The summed E-state index contributed by atoms with van der Waals surface area (Å²) >= 11 is 1.65. The van der Waals surface area contributed by atoms with E-state index in [1.165, 1.54) is 4.88 Å². The Hall–Kier alpha value is -3.12. The van der Waals surface area contributed by atoms with Gasteiger partial charge < -0.3 is 5.32 Å². The molecular weight excluding hydrogens is 380 g/mol. The van der Waals surface area contributed by atoms with Gasteiger partial charge in [0.1, 0.15) is 10.8 Å². The van der Waals surface area contributed by atoms with E-state index in [0.717, 1.165) is 39.4 Å². The number of aryl methyl sites for hydroxylation is 2. The second-order valence-corrected chi connectivity index (χ2v) is 7.77. The molecule has 0 aliphatic rings. The minimum atomic E-state index is -0.216. The molecule has 29 heavy (non-hydrogen) atoms. The van der Waals surface area contributed by atoms with Crippen LogP contribution in [0.2, 0.25) is 0 Å². The van der Waals surface area contributed by atoms with E-state index < -0.39 is 0 Å². The van der Waals surface area contributed by atoms with Gasteiger partial charge in [0.25, 0.3) is 5.91 Å². The van der Waals surface area contributed by atoms with Gasteiger partial charge in [-0.2, -0.15) is 0 Å². The van der Waals surface area contributed by atoms with Crippen molar-refractivity contribution in [3.8, 4) is 11.3 Å². The maximum Gasteiger partial charge on any atom is 0.258 e. The van der Waals surface area contributed by atoms with Crippen LogP contribution in [0.15, 0.2) is 49.5 Å². The zero-order valence-corrected chi connectivity index (χ0v) is 17.9. The van der Waals surface area contributed by atoms with Crippen LogP contribution in [0, 0.1) is 13.8 Å². The van der Waals surface area contributed by atoms with Crippen LogP contribution in [-0.2, 0) is 6.42 Å². The number of anilines is 1. The van der Waals surface area contributed by atoms with E-state index in [9.17, 15) is 4.79 Å². The maximum absolute atomic E-state index is 12.6. The molecule has 148 valence electrons. The molecule has 3 rings (SSSR count). The summed E-state index contributed by atoms with van der Waals surface area (Å²) in [6.45, 7) is 12.0. The molecule has 1 amide bonds. The van der Waals surface area contributed by atoms with Gasteiger partial charge in [-0.15, -0.1) is 11.3 Å². The summed E-state index contributed by atoms with van der Waals surface area (Å²) < 4.78 is 0. The molecule has 0 saturated heterocycles. The summed E-state index contributed by atoms with van der Waals surface area (Å²) in [4.78, 5) is 27.0.